The summed E-state index contributed by atoms with van der Waals surface area (Å²) in [7, 11) is 0. The van der Waals surface area contributed by atoms with E-state index >= 15 is 0 Å². The molecule has 0 bridgehead atoms. The second-order valence-corrected chi connectivity index (χ2v) is 4.86. The molecule has 0 aliphatic rings. The molecule has 0 aromatic heterocycles. The van der Waals surface area contributed by atoms with Gasteiger partial charge in [-0.2, -0.15) is 0 Å². The third-order valence-electron chi connectivity index (χ3n) is 2.79. The largest absolute Gasteiger partial charge is 0.374 e. The minimum Gasteiger partial charge on any atom is -0.374 e. The van der Waals surface area contributed by atoms with Gasteiger partial charge < -0.3 is 11.1 Å². The third kappa shape index (κ3) is 3.18. The van der Waals surface area contributed by atoms with Crippen LogP contribution in [0.1, 0.15) is 11.6 Å². The average Bonchev–Trinajstić information content (AvgIpc) is 2.39. The van der Waals surface area contributed by atoms with Gasteiger partial charge in [0.05, 0.1) is 11.7 Å². The molecule has 0 saturated heterocycles. The molecule has 2 nitrogen and oxygen atoms in total. The number of hydrogen-bond donors (Lipinski definition) is 2. The molecule has 0 aliphatic carbocycles. The Bertz CT molecular complexity index is 555. The Balaban J connectivity index is 2.34. The van der Waals surface area contributed by atoms with Gasteiger partial charge in [0, 0.05) is 22.2 Å². The van der Waals surface area contributed by atoms with Crippen LogP contribution in [0, 0.1) is 5.82 Å². The topological polar surface area (TPSA) is 38.0 Å². The summed E-state index contributed by atoms with van der Waals surface area (Å²) in [5.41, 5.74) is 6.79. The van der Waals surface area contributed by atoms with Gasteiger partial charge in [-0.3, -0.25) is 0 Å². The lowest BCUT2D eigenvalue weighted by Gasteiger charge is -2.21. The molecule has 0 radical (unpaired) electrons. The Morgan fingerprint density at radius 1 is 1.05 bits per heavy atom. The monoisotopic (exact) mass is 298 g/mol. The second-order valence-electron chi connectivity index (χ2n) is 4.05. The fraction of sp³-hybridized carbons (Fsp3) is 0.143. The van der Waals surface area contributed by atoms with Crippen LogP contribution < -0.4 is 11.1 Å². The van der Waals surface area contributed by atoms with E-state index in [-0.39, 0.29) is 18.4 Å². The Hall–Kier alpha value is -1.29. The van der Waals surface area contributed by atoms with E-state index < -0.39 is 0 Å². The van der Waals surface area contributed by atoms with Gasteiger partial charge >= 0.3 is 0 Å². The molecule has 2 aromatic rings. The van der Waals surface area contributed by atoms with Crippen molar-refractivity contribution in [3.8, 4) is 0 Å². The summed E-state index contributed by atoms with van der Waals surface area (Å²) in [5.74, 6) is -0.343. The van der Waals surface area contributed by atoms with E-state index in [1.165, 1.54) is 6.07 Å². The molecular weight excluding hydrogens is 286 g/mol. The van der Waals surface area contributed by atoms with Gasteiger partial charge in [-0.05, 0) is 24.3 Å². The number of hydrogen-bond acceptors (Lipinski definition) is 2. The van der Waals surface area contributed by atoms with Crippen LogP contribution in [0.3, 0.4) is 0 Å². The van der Waals surface area contributed by atoms with Crippen molar-refractivity contribution in [1.29, 1.82) is 0 Å². The third-order valence-corrected chi connectivity index (χ3v) is 3.45. The van der Waals surface area contributed by atoms with E-state index in [2.05, 4.69) is 5.32 Å². The number of halogens is 3. The van der Waals surface area contributed by atoms with Gasteiger partial charge in [-0.15, -0.1) is 0 Å². The van der Waals surface area contributed by atoms with Gasteiger partial charge in [0.25, 0.3) is 0 Å². The fourth-order valence-electron chi connectivity index (χ4n) is 1.86. The Labute approximate surface area is 121 Å². The predicted octanol–water partition coefficient (Wildman–Crippen LogP) is 4.24. The van der Waals surface area contributed by atoms with Crippen molar-refractivity contribution in [2.75, 3.05) is 11.9 Å². The summed E-state index contributed by atoms with van der Waals surface area (Å²) in [4.78, 5) is 0. The quantitative estimate of drug-likeness (QED) is 0.886. The smallest absolute Gasteiger partial charge is 0.146 e. The lowest BCUT2D eigenvalue weighted by molar-refractivity contribution is 0.626. The molecule has 0 fully saturated rings. The first kappa shape index (κ1) is 14.1. The minimum atomic E-state index is -0.349. The molecule has 0 saturated carbocycles. The maximum absolute atomic E-state index is 13.6. The molecule has 2 aromatic carbocycles. The van der Waals surface area contributed by atoms with Crippen molar-refractivity contribution in [3.63, 3.8) is 0 Å². The summed E-state index contributed by atoms with van der Waals surface area (Å²) in [6.45, 7) is 0.248. The van der Waals surface area contributed by atoms with Gasteiger partial charge in [0.2, 0.25) is 0 Å². The highest BCUT2D eigenvalue weighted by atomic mass is 35.5. The Morgan fingerprint density at radius 3 is 2.26 bits per heavy atom. The Morgan fingerprint density at radius 2 is 1.68 bits per heavy atom. The summed E-state index contributed by atoms with van der Waals surface area (Å²) in [5, 5.41) is 4.04. The molecular formula is C14H13Cl2FN2. The summed E-state index contributed by atoms with van der Waals surface area (Å²) < 4.78 is 13.6. The van der Waals surface area contributed by atoms with Gasteiger partial charge in [-0.1, -0.05) is 41.4 Å². The molecule has 19 heavy (non-hydrogen) atoms. The molecule has 5 heteroatoms. The van der Waals surface area contributed by atoms with Crippen LogP contribution in [-0.2, 0) is 0 Å². The van der Waals surface area contributed by atoms with Crippen molar-refractivity contribution in [1.82, 2.24) is 0 Å². The zero-order valence-electron chi connectivity index (χ0n) is 10.0. The highest BCUT2D eigenvalue weighted by Gasteiger charge is 2.17. The van der Waals surface area contributed by atoms with Crippen LogP contribution in [0.15, 0.2) is 42.5 Å². The first-order valence-electron chi connectivity index (χ1n) is 5.78. The zero-order chi connectivity index (χ0) is 13.8. The van der Waals surface area contributed by atoms with E-state index in [1.54, 1.807) is 36.4 Å². The number of rotatable bonds is 4. The van der Waals surface area contributed by atoms with Gasteiger partial charge in [0.15, 0.2) is 0 Å². The minimum absolute atomic E-state index is 0.248. The summed E-state index contributed by atoms with van der Waals surface area (Å²) in [6, 6.07) is 11.3. The Kier molecular flexibility index (Phi) is 4.64. The lowest BCUT2D eigenvalue weighted by atomic mass is 10.1. The average molecular weight is 299 g/mol. The van der Waals surface area contributed by atoms with E-state index in [4.69, 9.17) is 28.9 Å². The van der Waals surface area contributed by atoms with E-state index in [0.29, 0.717) is 21.3 Å². The fourth-order valence-corrected chi connectivity index (χ4v) is 2.52. The van der Waals surface area contributed by atoms with Crippen LogP contribution in [0.25, 0.3) is 0 Å². The molecule has 2 rings (SSSR count). The first-order valence-corrected chi connectivity index (χ1v) is 6.54. The SMILES string of the molecule is NCC(Nc1ccccc1F)c1c(Cl)cccc1Cl. The van der Waals surface area contributed by atoms with Crippen molar-refractivity contribution < 1.29 is 4.39 Å². The van der Waals surface area contributed by atoms with Crippen LogP contribution in [-0.4, -0.2) is 6.54 Å². The van der Waals surface area contributed by atoms with Crippen molar-refractivity contribution in [2.45, 2.75) is 6.04 Å². The van der Waals surface area contributed by atoms with Crippen molar-refractivity contribution >= 4 is 28.9 Å². The number of para-hydroxylation sites is 1. The maximum Gasteiger partial charge on any atom is 0.146 e. The molecule has 0 amide bonds. The number of nitrogens with one attached hydrogen (secondary N) is 1. The zero-order valence-corrected chi connectivity index (χ0v) is 11.5. The maximum atomic E-state index is 13.6. The molecule has 0 spiro atoms. The highest BCUT2D eigenvalue weighted by molar-refractivity contribution is 6.36. The van der Waals surface area contributed by atoms with Crippen molar-refractivity contribution in [3.05, 3.63) is 63.9 Å². The van der Waals surface area contributed by atoms with Crippen LogP contribution in [0.5, 0.6) is 0 Å². The molecule has 1 unspecified atom stereocenters. The second kappa shape index (κ2) is 6.24. The first-order chi connectivity index (χ1) is 9.13. The number of nitrogens with two attached hydrogens (primary N) is 1. The predicted molar refractivity (Wildman–Crippen MR) is 78.3 cm³/mol. The van der Waals surface area contributed by atoms with E-state index in [1.807, 2.05) is 0 Å². The van der Waals surface area contributed by atoms with Crippen LogP contribution >= 0.6 is 23.2 Å². The molecule has 100 valence electrons. The van der Waals surface area contributed by atoms with Crippen LogP contribution in [0.4, 0.5) is 10.1 Å². The normalized spacial score (nSPS) is 12.2. The van der Waals surface area contributed by atoms with E-state index in [9.17, 15) is 4.39 Å². The molecule has 3 N–H and O–H groups in total. The van der Waals surface area contributed by atoms with Gasteiger partial charge in [-0.25, -0.2) is 4.39 Å². The van der Waals surface area contributed by atoms with E-state index in [0.717, 1.165) is 0 Å². The number of anilines is 1. The summed E-state index contributed by atoms with van der Waals surface area (Å²) >= 11 is 12.3. The summed E-state index contributed by atoms with van der Waals surface area (Å²) in [6.07, 6.45) is 0. The molecule has 0 aliphatic heterocycles. The highest BCUT2D eigenvalue weighted by Crippen LogP contribution is 2.32. The van der Waals surface area contributed by atoms with Gasteiger partial charge in [0.1, 0.15) is 5.82 Å². The van der Waals surface area contributed by atoms with Crippen molar-refractivity contribution in [2.24, 2.45) is 5.73 Å². The standard InChI is InChI=1S/C14H13Cl2FN2/c15-9-4-3-5-10(16)14(9)13(8-18)19-12-7-2-1-6-11(12)17/h1-7,13,19H,8,18H2. The van der Waals surface area contributed by atoms with Crippen LogP contribution in [0.2, 0.25) is 10.0 Å². The number of benzene rings is 2. The molecule has 1 atom stereocenters. The lowest BCUT2D eigenvalue weighted by Crippen LogP contribution is -2.21. The molecule has 0 heterocycles.